The average molecular weight is 632 g/mol. The number of halogens is 1. The number of carbonyl (C=O) groups excluding carboxylic acids is 1. The highest BCUT2D eigenvalue weighted by molar-refractivity contribution is 9.10. The summed E-state index contributed by atoms with van der Waals surface area (Å²) in [6.45, 7) is 1.18. The van der Waals surface area contributed by atoms with Crippen molar-refractivity contribution in [3.63, 3.8) is 0 Å². The first-order valence-corrected chi connectivity index (χ1v) is 15.7. The number of ether oxygens (including phenoxy) is 2. The molecule has 6 nitrogen and oxygen atoms in total. The third-order valence-corrected chi connectivity index (χ3v) is 8.75. The topological polar surface area (TPSA) is 80.2 Å². The number of carbonyl (C=O) groups is 1. The minimum absolute atomic E-state index is 0.0861. The number of hydrogen-bond donors (Lipinski definition) is 2. The largest absolute Gasteiger partial charge is 0.494 e. The van der Waals surface area contributed by atoms with Gasteiger partial charge in [0.15, 0.2) is 11.6 Å². The molecule has 2 atom stereocenters. The number of nitrogens with one attached hydrogen (secondary N) is 1. The third kappa shape index (κ3) is 7.31. The zero-order valence-electron chi connectivity index (χ0n) is 23.9. The Morgan fingerprint density at radius 3 is 2.50 bits per heavy atom. The molecule has 1 fully saturated rings. The van der Waals surface area contributed by atoms with E-state index in [9.17, 15) is 4.79 Å². The lowest BCUT2D eigenvalue weighted by Gasteiger charge is -2.31. The van der Waals surface area contributed by atoms with Gasteiger partial charge in [-0.3, -0.25) is 4.79 Å². The molecule has 0 saturated heterocycles. The molecular weight excluding hydrogens is 592 g/mol. The molecule has 5 rings (SSSR count). The van der Waals surface area contributed by atoms with E-state index in [1.807, 2.05) is 91.0 Å². The van der Waals surface area contributed by atoms with Crippen molar-refractivity contribution in [1.29, 1.82) is 0 Å². The number of amides is 1. The van der Waals surface area contributed by atoms with Gasteiger partial charge in [-0.25, -0.2) is 4.99 Å². The van der Waals surface area contributed by atoms with Crippen molar-refractivity contribution in [2.75, 3.05) is 19.8 Å². The number of rotatable bonds is 12. The smallest absolute Gasteiger partial charge is 0.252 e. The Kier molecular flexibility index (Phi) is 10.5. The molecule has 1 aliphatic carbocycles. The summed E-state index contributed by atoms with van der Waals surface area (Å²) >= 11 is 3.71. The number of benzene rings is 3. The predicted molar refractivity (Wildman–Crippen MR) is 171 cm³/mol. The average Bonchev–Trinajstić information content (AvgIpc) is 3.42. The summed E-state index contributed by atoms with van der Waals surface area (Å²) in [4.78, 5) is 19.5. The maximum Gasteiger partial charge on any atom is 0.252 e. The van der Waals surface area contributed by atoms with Crippen molar-refractivity contribution in [2.45, 2.75) is 56.6 Å². The molecule has 0 unspecified atom stereocenters. The second kappa shape index (κ2) is 14.7. The summed E-state index contributed by atoms with van der Waals surface area (Å²) < 4.78 is 13.2. The fourth-order valence-corrected chi connectivity index (χ4v) is 6.19. The van der Waals surface area contributed by atoms with Gasteiger partial charge >= 0.3 is 0 Å². The summed E-state index contributed by atoms with van der Waals surface area (Å²) in [5.74, 6) is 1.50. The summed E-state index contributed by atoms with van der Waals surface area (Å²) in [5.41, 5.74) is 1.51. The Labute approximate surface area is 257 Å². The van der Waals surface area contributed by atoms with E-state index in [4.69, 9.17) is 19.6 Å². The molecule has 0 aromatic heterocycles. The highest BCUT2D eigenvalue weighted by Crippen LogP contribution is 2.45. The standard InChI is InChI=1S/C35H39BrN2O4/c36-31-17-8-7-16-30(31)32-35(22-9-15-26-11-3-1-4-12-26,34(40)37-25-27-13-5-2-6-14-27)38-33(42-32)28-18-20-29(21-19-28)41-24-10-23-39/h1,3-4,7-9,11-12,15-21,27,32,39H,2,5-6,10,13-14,22-25H2,(H,37,40)/b15-9+/t32-,35-/m1/s1. The molecule has 42 heavy (non-hydrogen) atoms. The molecule has 3 aromatic carbocycles. The Hall–Kier alpha value is -3.42. The quantitative estimate of drug-likeness (QED) is 0.206. The van der Waals surface area contributed by atoms with Crippen LogP contribution in [-0.2, 0) is 9.53 Å². The number of aliphatic imine (C=N–C) groups is 1. The Balaban J connectivity index is 1.50. The van der Waals surface area contributed by atoms with Crippen LogP contribution in [0.4, 0.5) is 0 Å². The van der Waals surface area contributed by atoms with Crippen molar-refractivity contribution in [3.05, 3.63) is 106 Å². The van der Waals surface area contributed by atoms with Crippen LogP contribution in [0.3, 0.4) is 0 Å². The fourth-order valence-electron chi connectivity index (χ4n) is 5.70. The summed E-state index contributed by atoms with van der Waals surface area (Å²) in [7, 11) is 0. The molecule has 220 valence electrons. The molecule has 1 heterocycles. The highest BCUT2D eigenvalue weighted by Gasteiger charge is 2.53. The molecular formula is C35H39BrN2O4. The minimum Gasteiger partial charge on any atom is -0.494 e. The second-order valence-corrected chi connectivity index (χ2v) is 11.9. The number of aliphatic hydroxyl groups excluding tert-OH is 1. The van der Waals surface area contributed by atoms with Gasteiger partial charge in [-0.15, -0.1) is 0 Å². The first-order chi connectivity index (χ1) is 20.6. The van der Waals surface area contributed by atoms with Gasteiger partial charge in [-0.1, -0.05) is 95.9 Å². The monoisotopic (exact) mass is 630 g/mol. The predicted octanol–water partition coefficient (Wildman–Crippen LogP) is 7.27. The molecule has 2 aliphatic rings. The minimum atomic E-state index is -1.20. The van der Waals surface area contributed by atoms with Crippen molar-refractivity contribution in [2.24, 2.45) is 10.9 Å². The van der Waals surface area contributed by atoms with Crippen molar-refractivity contribution in [1.82, 2.24) is 5.32 Å². The Morgan fingerprint density at radius 1 is 1.02 bits per heavy atom. The van der Waals surface area contributed by atoms with Crippen LogP contribution in [-0.4, -0.2) is 42.2 Å². The van der Waals surface area contributed by atoms with Gasteiger partial charge in [-0.2, -0.15) is 0 Å². The van der Waals surface area contributed by atoms with Gasteiger partial charge in [0.2, 0.25) is 5.90 Å². The maximum absolute atomic E-state index is 14.3. The highest BCUT2D eigenvalue weighted by atomic mass is 79.9. The number of aliphatic hydroxyl groups is 1. The molecule has 0 radical (unpaired) electrons. The molecule has 0 bridgehead atoms. The first-order valence-electron chi connectivity index (χ1n) is 14.9. The molecule has 0 spiro atoms. The summed E-state index contributed by atoms with van der Waals surface area (Å²) in [6, 6.07) is 25.5. The Morgan fingerprint density at radius 2 is 1.76 bits per heavy atom. The Bertz CT molecular complexity index is 1370. The van der Waals surface area contributed by atoms with Crippen LogP contribution in [0.25, 0.3) is 6.08 Å². The lowest BCUT2D eigenvalue weighted by atomic mass is 9.83. The molecule has 1 saturated carbocycles. The van der Waals surface area contributed by atoms with E-state index < -0.39 is 11.6 Å². The SMILES string of the molecule is O=C(NCC1CCCCC1)[C@]1(C/C=C/c2ccccc2)N=C(c2ccc(OCCCO)cc2)O[C@@H]1c1ccccc1Br. The second-order valence-electron chi connectivity index (χ2n) is 11.0. The summed E-state index contributed by atoms with van der Waals surface area (Å²) in [6.07, 6.45) is 10.4. The van der Waals surface area contributed by atoms with E-state index in [1.165, 1.54) is 19.3 Å². The van der Waals surface area contributed by atoms with Crippen LogP contribution in [0.15, 0.2) is 94.4 Å². The van der Waals surface area contributed by atoms with Crippen molar-refractivity contribution >= 4 is 33.8 Å². The molecule has 1 aliphatic heterocycles. The number of hydrogen-bond acceptors (Lipinski definition) is 5. The van der Waals surface area contributed by atoms with Gasteiger partial charge in [0.1, 0.15) is 5.75 Å². The van der Waals surface area contributed by atoms with E-state index in [0.717, 1.165) is 34.0 Å². The van der Waals surface area contributed by atoms with Gasteiger partial charge in [0, 0.05) is 41.6 Å². The third-order valence-electron chi connectivity index (χ3n) is 8.03. The van der Waals surface area contributed by atoms with Crippen LogP contribution in [0, 0.1) is 5.92 Å². The van der Waals surface area contributed by atoms with Gasteiger partial charge < -0.3 is 19.9 Å². The zero-order chi connectivity index (χ0) is 29.2. The van der Waals surface area contributed by atoms with E-state index in [-0.39, 0.29) is 12.5 Å². The van der Waals surface area contributed by atoms with Crippen LogP contribution in [0.2, 0.25) is 0 Å². The molecule has 3 aromatic rings. The van der Waals surface area contributed by atoms with Gasteiger partial charge in [-0.05, 0) is 54.7 Å². The maximum atomic E-state index is 14.3. The van der Waals surface area contributed by atoms with Crippen LogP contribution < -0.4 is 10.1 Å². The van der Waals surface area contributed by atoms with Crippen LogP contribution in [0.5, 0.6) is 5.75 Å². The molecule has 1 amide bonds. The van der Waals surface area contributed by atoms with Crippen molar-refractivity contribution < 1.29 is 19.4 Å². The zero-order valence-corrected chi connectivity index (χ0v) is 25.5. The van der Waals surface area contributed by atoms with E-state index in [0.29, 0.717) is 43.6 Å². The van der Waals surface area contributed by atoms with Crippen molar-refractivity contribution in [3.8, 4) is 5.75 Å². The summed E-state index contributed by atoms with van der Waals surface area (Å²) in [5, 5.41) is 12.3. The molecule has 7 heteroatoms. The normalized spacial score (nSPS) is 20.7. The van der Waals surface area contributed by atoms with Crippen LogP contribution in [0.1, 0.15) is 67.7 Å². The van der Waals surface area contributed by atoms with Gasteiger partial charge in [0.25, 0.3) is 5.91 Å². The van der Waals surface area contributed by atoms with E-state index in [2.05, 4.69) is 21.2 Å². The molecule has 2 N–H and O–H groups in total. The lowest BCUT2D eigenvalue weighted by Crippen LogP contribution is -2.49. The first kappa shape index (κ1) is 30.1. The van der Waals surface area contributed by atoms with Gasteiger partial charge in [0.05, 0.1) is 6.61 Å². The lowest BCUT2D eigenvalue weighted by molar-refractivity contribution is -0.129. The number of nitrogens with zero attached hydrogens (tertiary/aromatic N) is 1. The van der Waals surface area contributed by atoms with E-state index >= 15 is 0 Å². The fraction of sp³-hybridized carbons (Fsp3) is 0.371. The van der Waals surface area contributed by atoms with E-state index in [1.54, 1.807) is 0 Å². The van der Waals surface area contributed by atoms with Crippen LogP contribution >= 0.6 is 15.9 Å².